The van der Waals surface area contributed by atoms with Gasteiger partial charge in [-0.2, -0.15) is 13.2 Å². The van der Waals surface area contributed by atoms with Gasteiger partial charge in [-0.1, -0.05) is 54.6 Å². The van der Waals surface area contributed by atoms with Gasteiger partial charge in [0.1, 0.15) is 0 Å². The zero-order valence-electron chi connectivity index (χ0n) is 23.0. The second-order valence-corrected chi connectivity index (χ2v) is 10.7. The predicted octanol–water partition coefficient (Wildman–Crippen LogP) is 7.09. The molecule has 2 saturated heterocycles. The summed E-state index contributed by atoms with van der Waals surface area (Å²) < 4.78 is 40.3. The number of likely N-dealkylation sites (N-methyl/N-ethyl adjacent to an activating group) is 1. The van der Waals surface area contributed by atoms with E-state index in [1.807, 2.05) is 36.1 Å². The number of amides is 3. The zero-order valence-corrected chi connectivity index (χ0v) is 23.0. The van der Waals surface area contributed by atoms with Crippen LogP contribution in [0.1, 0.15) is 53.6 Å². The number of carbonyl (C=O) groups excluding carboxylic acids is 2. The van der Waals surface area contributed by atoms with Crippen LogP contribution in [0.5, 0.6) is 0 Å². The lowest BCUT2D eigenvalue weighted by atomic mass is 9.76. The molecule has 2 aromatic rings. The lowest BCUT2D eigenvalue weighted by Crippen LogP contribution is -2.57. The molecular formula is C32H36F3N3O2. The summed E-state index contributed by atoms with van der Waals surface area (Å²) in [4.78, 5) is 33.0. The number of aryl methyl sites for hydroxylation is 1. The van der Waals surface area contributed by atoms with Gasteiger partial charge in [0.2, 0.25) is 5.91 Å². The summed E-state index contributed by atoms with van der Waals surface area (Å²) in [6.45, 7) is 14.2. The molecule has 2 fully saturated rings. The average Bonchev–Trinajstić information content (AvgIpc) is 3.19. The molecule has 0 aromatic heterocycles. The molecule has 4 rings (SSSR count). The van der Waals surface area contributed by atoms with E-state index in [0.29, 0.717) is 31.4 Å². The molecule has 0 radical (unpaired) electrons. The molecule has 2 aliphatic heterocycles. The number of benzene rings is 2. The molecule has 3 amide bonds. The van der Waals surface area contributed by atoms with Crippen LogP contribution in [0.2, 0.25) is 0 Å². The number of hydrogen-bond acceptors (Lipinski definition) is 2. The molecule has 0 bridgehead atoms. The minimum absolute atomic E-state index is 0.0456. The molecule has 2 heterocycles. The Morgan fingerprint density at radius 1 is 1.10 bits per heavy atom. The van der Waals surface area contributed by atoms with Gasteiger partial charge in [-0.3, -0.25) is 4.79 Å². The van der Waals surface area contributed by atoms with Gasteiger partial charge in [0.15, 0.2) is 0 Å². The Bertz CT molecular complexity index is 1290. The first kappa shape index (κ1) is 29.2. The summed E-state index contributed by atoms with van der Waals surface area (Å²) >= 11 is 0. The van der Waals surface area contributed by atoms with Crippen LogP contribution in [0.25, 0.3) is 0 Å². The highest BCUT2D eigenvalue weighted by Crippen LogP contribution is 2.49. The minimum atomic E-state index is -4.51. The van der Waals surface area contributed by atoms with Gasteiger partial charge in [-0.25, -0.2) is 4.79 Å². The van der Waals surface area contributed by atoms with Gasteiger partial charge in [0, 0.05) is 20.1 Å². The van der Waals surface area contributed by atoms with Crippen LogP contribution in [0.15, 0.2) is 86.5 Å². The standard InChI is InChI=1S/C32H36F3N3O2/c1-6-16-31(17-7-2)21-27-28(25-15-10-9-12-22(25)4)38(19-18-37(27)29(31)39)30(40)36(5)26(8-3)23-13-11-14-24(20-23)32(33,34)35/h6-15,20,26-28H,1-3,16-19,21H2,4-5H3. The van der Waals surface area contributed by atoms with E-state index in [-0.39, 0.29) is 24.5 Å². The third kappa shape index (κ3) is 5.19. The van der Waals surface area contributed by atoms with Gasteiger partial charge < -0.3 is 14.7 Å². The van der Waals surface area contributed by atoms with Crippen LogP contribution >= 0.6 is 0 Å². The third-order valence-electron chi connectivity index (χ3n) is 8.32. The number of piperazine rings is 1. The van der Waals surface area contributed by atoms with Crippen molar-refractivity contribution in [1.29, 1.82) is 0 Å². The van der Waals surface area contributed by atoms with Crippen molar-refractivity contribution in [2.24, 2.45) is 5.41 Å². The lowest BCUT2D eigenvalue weighted by molar-refractivity contribution is -0.139. The predicted molar refractivity (Wildman–Crippen MR) is 150 cm³/mol. The Morgan fingerprint density at radius 3 is 2.38 bits per heavy atom. The van der Waals surface area contributed by atoms with Crippen LogP contribution < -0.4 is 0 Å². The number of rotatable bonds is 8. The molecule has 0 saturated carbocycles. The van der Waals surface area contributed by atoms with Crippen molar-refractivity contribution in [2.45, 2.75) is 50.5 Å². The molecular weight excluding hydrogens is 515 g/mol. The average molecular weight is 552 g/mol. The van der Waals surface area contributed by atoms with Gasteiger partial charge in [-0.05, 0) is 55.0 Å². The van der Waals surface area contributed by atoms with E-state index in [4.69, 9.17) is 0 Å². The quantitative estimate of drug-likeness (QED) is 0.329. The molecule has 212 valence electrons. The van der Waals surface area contributed by atoms with E-state index < -0.39 is 29.2 Å². The Hall–Kier alpha value is -3.81. The first-order valence-electron chi connectivity index (χ1n) is 13.4. The molecule has 8 heteroatoms. The number of fused-ring (bicyclic) bond motifs is 1. The van der Waals surface area contributed by atoms with Crippen LogP contribution in [-0.4, -0.2) is 52.8 Å². The zero-order chi connectivity index (χ0) is 29.2. The summed E-state index contributed by atoms with van der Waals surface area (Å²) in [5, 5.41) is 0. The Kier molecular flexibility index (Phi) is 8.28. The summed E-state index contributed by atoms with van der Waals surface area (Å²) in [6, 6.07) is 11.0. The lowest BCUT2D eigenvalue weighted by Gasteiger charge is -2.47. The van der Waals surface area contributed by atoms with Crippen LogP contribution in [0, 0.1) is 12.3 Å². The van der Waals surface area contributed by atoms with Crippen molar-refractivity contribution >= 4 is 11.9 Å². The van der Waals surface area contributed by atoms with Crippen molar-refractivity contribution in [1.82, 2.24) is 14.7 Å². The maximum absolute atomic E-state index is 14.2. The van der Waals surface area contributed by atoms with Crippen molar-refractivity contribution in [3.63, 3.8) is 0 Å². The Morgan fingerprint density at radius 2 is 1.77 bits per heavy atom. The highest BCUT2D eigenvalue weighted by Gasteiger charge is 2.56. The molecule has 3 unspecified atom stereocenters. The summed E-state index contributed by atoms with van der Waals surface area (Å²) in [7, 11) is 1.58. The van der Waals surface area contributed by atoms with Crippen molar-refractivity contribution in [3.05, 3.63) is 109 Å². The first-order chi connectivity index (χ1) is 19.0. The minimum Gasteiger partial charge on any atom is -0.335 e. The van der Waals surface area contributed by atoms with Crippen LogP contribution in [0.3, 0.4) is 0 Å². The molecule has 3 atom stereocenters. The largest absolute Gasteiger partial charge is 0.416 e. The Labute approximate surface area is 234 Å². The second-order valence-electron chi connectivity index (χ2n) is 10.7. The molecule has 40 heavy (non-hydrogen) atoms. The number of hydrogen-bond donors (Lipinski definition) is 0. The fraction of sp³-hybridized carbons (Fsp3) is 0.375. The second kappa shape index (κ2) is 11.4. The Balaban J connectivity index is 1.74. The summed E-state index contributed by atoms with van der Waals surface area (Å²) in [5.41, 5.74) is 0.800. The van der Waals surface area contributed by atoms with Crippen molar-refractivity contribution in [2.75, 3.05) is 20.1 Å². The van der Waals surface area contributed by atoms with Crippen molar-refractivity contribution in [3.8, 4) is 0 Å². The first-order valence-corrected chi connectivity index (χ1v) is 13.4. The number of nitrogens with zero attached hydrogens (tertiary/aromatic N) is 3. The highest BCUT2D eigenvalue weighted by atomic mass is 19.4. The molecule has 0 spiro atoms. The smallest absolute Gasteiger partial charge is 0.335 e. The number of alkyl halides is 3. The maximum Gasteiger partial charge on any atom is 0.416 e. The monoisotopic (exact) mass is 551 g/mol. The van der Waals surface area contributed by atoms with Gasteiger partial charge in [-0.15, -0.1) is 19.7 Å². The number of allylic oxidation sites excluding steroid dienone is 2. The SMILES string of the molecule is C=CCC1(CC=C)CC2C(c3ccccc3C)N(C(=O)N(C)C(C=C)c3cccc(C(F)(F)F)c3)CCN2C1=O. The van der Waals surface area contributed by atoms with Crippen LogP contribution in [-0.2, 0) is 11.0 Å². The normalized spacial score (nSPS) is 21.0. The van der Waals surface area contributed by atoms with E-state index in [1.165, 1.54) is 17.0 Å². The van der Waals surface area contributed by atoms with E-state index in [2.05, 4.69) is 19.7 Å². The fourth-order valence-electron chi connectivity index (χ4n) is 6.39. The molecule has 0 aliphatic carbocycles. The molecule has 2 aromatic carbocycles. The third-order valence-corrected chi connectivity index (χ3v) is 8.32. The summed E-state index contributed by atoms with van der Waals surface area (Å²) in [5.74, 6) is 0.0456. The van der Waals surface area contributed by atoms with E-state index in [1.54, 1.807) is 30.2 Å². The number of urea groups is 1. The van der Waals surface area contributed by atoms with Gasteiger partial charge in [0.05, 0.1) is 29.1 Å². The molecule has 2 aliphatic rings. The van der Waals surface area contributed by atoms with Gasteiger partial charge in [0.25, 0.3) is 0 Å². The topological polar surface area (TPSA) is 43.9 Å². The van der Waals surface area contributed by atoms with Crippen molar-refractivity contribution < 1.29 is 22.8 Å². The molecule has 5 nitrogen and oxygen atoms in total. The fourth-order valence-corrected chi connectivity index (χ4v) is 6.39. The van der Waals surface area contributed by atoms with E-state index >= 15 is 0 Å². The van der Waals surface area contributed by atoms with E-state index in [9.17, 15) is 22.8 Å². The number of carbonyl (C=O) groups is 2. The van der Waals surface area contributed by atoms with Gasteiger partial charge >= 0.3 is 12.2 Å². The highest BCUT2D eigenvalue weighted by molar-refractivity contribution is 5.87. The molecule has 0 N–H and O–H groups in total. The summed E-state index contributed by atoms with van der Waals surface area (Å²) in [6.07, 6.45) is 2.06. The van der Waals surface area contributed by atoms with E-state index in [0.717, 1.165) is 23.3 Å². The van der Waals surface area contributed by atoms with Crippen LogP contribution in [0.4, 0.5) is 18.0 Å². The maximum atomic E-state index is 14.2. The number of halogens is 3.